The number of ether oxygens (including phenoxy) is 2. The highest BCUT2D eigenvalue weighted by molar-refractivity contribution is 5.75. The standard InChI is InChI=1S/C19H23NO3/c1-3-14-4-6-16(7-5-14)13-23-17-10-8-15(9-11-17)12-18(20)19(21)22-2/h4-11,18H,3,12-13,20H2,1-2H3/t18-/m0/s1. The fourth-order valence-electron chi connectivity index (χ4n) is 2.25. The largest absolute Gasteiger partial charge is 0.489 e. The minimum Gasteiger partial charge on any atom is -0.489 e. The van der Waals surface area contributed by atoms with Crippen molar-refractivity contribution in [1.29, 1.82) is 0 Å². The van der Waals surface area contributed by atoms with Crippen LogP contribution in [0.1, 0.15) is 23.6 Å². The summed E-state index contributed by atoms with van der Waals surface area (Å²) in [7, 11) is 1.34. The van der Waals surface area contributed by atoms with Crippen molar-refractivity contribution < 1.29 is 14.3 Å². The van der Waals surface area contributed by atoms with Crippen molar-refractivity contribution in [2.45, 2.75) is 32.4 Å². The van der Waals surface area contributed by atoms with E-state index in [0.717, 1.165) is 23.3 Å². The van der Waals surface area contributed by atoms with Crippen molar-refractivity contribution in [1.82, 2.24) is 0 Å². The Labute approximate surface area is 137 Å². The lowest BCUT2D eigenvalue weighted by atomic mass is 10.1. The fourth-order valence-corrected chi connectivity index (χ4v) is 2.25. The summed E-state index contributed by atoms with van der Waals surface area (Å²) in [5.74, 6) is 0.390. The Bertz CT molecular complexity index is 620. The Morgan fingerprint density at radius 3 is 2.13 bits per heavy atom. The summed E-state index contributed by atoms with van der Waals surface area (Å²) in [5, 5.41) is 0. The lowest BCUT2D eigenvalue weighted by Crippen LogP contribution is -2.33. The summed E-state index contributed by atoms with van der Waals surface area (Å²) in [5.41, 5.74) is 9.18. The van der Waals surface area contributed by atoms with Crippen molar-refractivity contribution in [3.05, 3.63) is 65.2 Å². The molecule has 0 aliphatic carbocycles. The predicted molar refractivity (Wildman–Crippen MR) is 90.3 cm³/mol. The number of carbonyl (C=O) groups excluding carboxylic acids is 1. The summed E-state index contributed by atoms with van der Waals surface area (Å²) in [6, 6.07) is 15.4. The van der Waals surface area contributed by atoms with Crippen molar-refractivity contribution >= 4 is 5.97 Å². The van der Waals surface area contributed by atoms with Crippen LogP contribution in [-0.2, 0) is 29.0 Å². The van der Waals surface area contributed by atoms with E-state index in [1.807, 2.05) is 24.3 Å². The second-order valence-corrected chi connectivity index (χ2v) is 5.44. The number of benzene rings is 2. The second-order valence-electron chi connectivity index (χ2n) is 5.44. The first-order valence-corrected chi connectivity index (χ1v) is 7.75. The molecule has 2 rings (SSSR count). The van der Waals surface area contributed by atoms with Crippen LogP contribution in [0.4, 0.5) is 0 Å². The van der Waals surface area contributed by atoms with Crippen LogP contribution in [0.3, 0.4) is 0 Å². The smallest absolute Gasteiger partial charge is 0.322 e. The molecule has 0 spiro atoms. The lowest BCUT2D eigenvalue weighted by Gasteiger charge is -2.10. The molecule has 0 bridgehead atoms. The Kier molecular flexibility index (Phi) is 6.18. The third-order valence-corrected chi connectivity index (χ3v) is 3.72. The van der Waals surface area contributed by atoms with Gasteiger partial charge in [0.05, 0.1) is 7.11 Å². The maximum Gasteiger partial charge on any atom is 0.322 e. The Balaban J connectivity index is 1.88. The number of hydrogen-bond acceptors (Lipinski definition) is 4. The number of hydrogen-bond donors (Lipinski definition) is 1. The summed E-state index contributed by atoms with van der Waals surface area (Å²) in [4.78, 5) is 11.3. The normalized spacial score (nSPS) is 11.8. The summed E-state index contributed by atoms with van der Waals surface area (Å²) in [6.07, 6.45) is 1.49. The molecule has 2 N–H and O–H groups in total. The molecule has 4 nitrogen and oxygen atoms in total. The molecular formula is C19H23NO3. The molecule has 0 heterocycles. The Hall–Kier alpha value is -2.33. The summed E-state index contributed by atoms with van der Waals surface area (Å²) >= 11 is 0. The molecule has 4 heteroatoms. The van der Waals surface area contributed by atoms with Crippen molar-refractivity contribution in [3.63, 3.8) is 0 Å². The summed E-state index contributed by atoms with van der Waals surface area (Å²) < 4.78 is 10.4. The molecule has 0 saturated heterocycles. The van der Waals surface area contributed by atoms with Crippen LogP contribution < -0.4 is 10.5 Å². The van der Waals surface area contributed by atoms with E-state index < -0.39 is 12.0 Å². The van der Waals surface area contributed by atoms with E-state index in [4.69, 9.17) is 10.5 Å². The van der Waals surface area contributed by atoms with Crippen molar-refractivity contribution in [3.8, 4) is 5.75 Å². The highest BCUT2D eigenvalue weighted by Crippen LogP contribution is 2.15. The minimum atomic E-state index is -0.635. The molecule has 0 aliphatic heterocycles. The third-order valence-electron chi connectivity index (χ3n) is 3.72. The van der Waals surface area contributed by atoms with Crippen molar-refractivity contribution in [2.75, 3.05) is 7.11 Å². The maximum atomic E-state index is 11.3. The van der Waals surface area contributed by atoms with E-state index in [-0.39, 0.29) is 0 Å². The van der Waals surface area contributed by atoms with Crippen LogP contribution in [0.5, 0.6) is 5.75 Å². The van der Waals surface area contributed by atoms with Gasteiger partial charge in [0.1, 0.15) is 18.4 Å². The van der Waals surface area contributed by atoms with Gasteiger partial charge in [-0.15, -0.1) is 0 Å². The minimum absolute atomic E-state index is 0.402. The molecule has 122 valence electrons. The quantitative estimate of drug-likeness (QED) is 0.798. The van der Waals surface area contributed by atoms with Gasteiger partial charge in [-0.05, 0) is 41.7 Å². The van der Waals surface area contributed by atoms with Gasteiger partial charge in [0.15, 0.2) is 0 Å². The zero-order chi connectivity index (χ0) is 16.7. The van der Waals surface area contributed by atoms with Crippen LogP contribution >= 0.6 is 0 Å². The third kappa shape index (κ3) is 5.11. The molecule has 0 fully saturated rings. The van der Waals surface area contributed by atoms with Gasteiger partial charge in [0.2, 0.25) is 0 Å². The Morgan fingerprint density at radius 1 is 1.00 bits per heavy atom. The molecule has 2 aromatic rings. The van der Waals surface area contributed by atoms with Crippen LogP contribution in [0, 0.1) is 0 Å². The monoisotopic (exact) mass is 313 g/mol. The molecule has 0 aromatic heterocycles. The zero-order valence-electron chi connectivity index (χ0n) is 13.6. The van der Waals surface area contributed by atoms with Gasteiger partial charge in [-0.2, -0.15) is 0 Å². The van der Waals surface area contributed by atoms with Crippen LogP contribution in [-0.4, -0.2) is 19.1 Å². The first kappa shape index (κ1) is 17.0. The topological polar surface area (TPSA) is 61.5 Å². The second kappa shape index (κ2) is 8.34. The first-order chi connectivity index (χ1) is 11.1. The first-order valence-electron chi connectivity index (χ1n) is 7.75. The van der Waals surface area contributed by atoms with Crippen LogP contribution in [0.2, 0.25) is 0 Å². The number of aryl methyl sites for hydroxylation is 1. The van der Waals surface area contributed by atoms with Gasteiger partial charge < -0.3 is 15.2 Å². The SMILES string of the molecule is CCc1ccc(COc2ccc(C[C@H](N)C(=O)OC)cc2)cc1. The van der Waals surface area contributed by atoms with E-state index >= 15 is 0 Å². The maximum absolute atomic E-state index is 11.3. The van der Waals surface area contributed by atoms with E-state index in [9.17, 15) is 4.79 Å². The van der Waals surface area contributed by atoms with Gasteiger partial charge in [0.25, 0.3) is 0 Å². The molecule has 0 unspecified atom stereocenters. The molecule has 23 heavy (non-hydrogen) atoms. The number of carbonyl (C=O) groups is 1. The zero-order valence-corrected chi connectivity index (χ0v) is 13.6. The van der Waals surface area contributed by atoms with E-state index in [2.05, 4.69) is 35.9 Å². The molecule has 1 atom stereocenters. The van der Waals surface area contributed by atoms with E-state index in [0.29, 0.717) is 13.0 Å². The molecular weight excluding hydrogens is 290 g/mol. The average Bonchev–Trinajstić information content (AvgIpc) is 2.60. The molecule has 0 radical (unpaired) electrons. The highest BCUT2D eigenvalue weighted by atomic mass is 16.5. The van der Waals surface area contributed by atoms with Gasteiger partial charge in [-0.3, -0.25) is 4.79 Å². The highest BCUT2D eigenvalue weighted by Gasteiger charge is 2.13. The molecule has 0 saturated carbocycles. The van der Waals surface area contributed by atoms with Gasteiger partial charge >= 0.3 is 5.97 Å². The number of methoxy groups -OCH3 is 1. The average molecular weight is 313 g/mol. The van der Waals surface area contributed by atoms with E-state index in [1.165, 1.54) is 12.7 Å². The molecule has 0 amide bonds. The van der Waals surface area contributed by atoms with Gasteiger partial charge in [0, 0.05) is 0 Å². The molecule has 0 aliphatic rings. The van der Waals surface area contributed by atoms with Gasteiger partial charge in [-0.1, -0.05) is 43.3 Å². The number of nitrogens with two attached hydrogens (primary N) is 1. The number of rotatable bonds is 7. The van der Waals surface area contributed by atoms with E-state index in [1.54, 1.807) is 0 Å². The Morgan fingerprint density at radius 2 is 1.57 bits per heavy atom. The van der Waals surface area contributed by atoms with Gasteiger partial charge in [-0.25, -0.2) is 0 Å². The lowest BCUT2D eigenvalue weighted by molar-refractivity contribution is -0.142. The van der Waals surface area contributed by atoms with Crippen LogP contribution in [0.25, 0.3) is 0 Å². The number of esters is 1. The predicted octanol–water partition coefficient (Wildman–Crippen LogP) is 2.87. The summed E-state index contributed by atoms with van der Waals surface area (Å²) in [6.45, 7) is 2.67. The van der Waals surface area contributed by atoms with Crippen molar-refractivity contribution in [2.24, 2.45) is 5.73 Å². The fraction of sp³-hybridized carbons (Fsp3) is 0.316. The van der Waals surface area contributed by atoms with Crippen LogP contribution in [0.15, 0.2) is 48.5 Å². The molecule has 2 aromatic carbocycles.